The molecule has 0 aliphatic heterocycles. The van der Waals surface area contributed by atoms with Crippen molar-refractivity contribution in [1.29, 1.82) is 0 Å². The van der Waals surface area contributed by atoms with Crippen LogP contribution in [-0.4, -0.2) is 27.4 Å². The lowest BCUT2D eigenvalue weighted by molar-refractivity contribution is -0.383. The highest BCUT2D eigenvalue weighted by atomic mass is 16.6. The van der Waals surface area contributed by atoms with Crippen molar-refractivity contribution in [3.05, 3.63) is 27.8 Å². The first-order chi connectivity index (χ1) is 10.9. The van der Waals surface area contributed by atoms with Crippen LogP contribution in [0.3, 0.4) is 0 Å². The average molecular weight is 322 g/mol. The summed E-state index contributed by atoms with van der Waals surface area (Å²) in [6.07, 6.45) is 4.80. The van der Waals surface area contributed by atoms with Crippen LogP contribution < -0.4 is 17.2 Å². The number of hydrogen-bond acceptors (Lipinski definition) is 8. The molecule has 0 unspecified atom stereocenters. The van der Waals surface area contributed by atoms with E-state index in [0.29, 0.717) is 24.9 Å². The molecule has 1 aromatic carbocycles. The van der Waals surface area contributed by atoms with E-state index in [4.69, 9.17) is 17.2 Å². The molecule has 0 amide bonds. The summed E-state index contributed by atoms with van der Waals surface area (Å²) in [6.45, 7) is 0.479. The summed E-state index contributed by atoms with van der Waals surface area (Å²) in [7, 11) is 0. The lowest BCUT2D eigenvalue weighted by Gasteiger charge is -2.23. The van der Waals surface area contributed by atoms with Crippen molar-refractivity contribution in [1.82, 2.24) is 10.3 Å². The molecule has 9 nitrogen and oxygen atoms in total. The lowest BCUT2D eigenvalue weighted by Crippen LogP contribution is -2.50. The maximum atomic E-state index is 10.9. The van der Waals surface area contributed by atoms with Gasteiger partial charge in [-0.2, -0.15) is 0 Å². The molecule has 0 aliphatic rings. The predicted octanol–water partition coefficient (Wildman–Crippen LogP) is 1.20. The Kier molecular flexibility index (Phi) is 5.59. The molecule has 0 atom stereocenters. The highest BCUT2D eigenvalue weighted by molar-refractivity contribution is 5.85. The second-order valence-electron chi connectivity index (χ2n) is 5.79. The summed E-state index contributed by atoms with van der Waals surface area (Å²) in [5.41, 5.74) is 18.1. The molecule has 1 aromatic heterocycles. The Morgan fingerprint density at radius 3 is 2.57 bits per heavy atom. The number of nitrogens with two attached hydrogens (primary N) is 3. The largest absolute Gasteiger partial charge is 0.330 e. The molecule has 23 heavy (non-hydrogen) atoms. The van der Waals surface area contributed by atoms with Gasteiger partial charge >= 0.3 is 5.69 Å². The molecule has 0 radical (unpaired) electrons. The number of nitrogens with zero attached hydrogens (tertiary/aromatic N) is 3. The minimum Gasteiger partial charge on any atom is -0.330 e. The first kappa shape index (κ1) is 17.3. The molecule has 0 spiro atoms. The molecule has 0 aliphatic carbocycles. The van der Waals surface area contributed by atoms with Gasteiger partial charge in [0.15, 0.2) is 0 Å². The molecule has 0 saturated heterocycles. The van der Waals surface area contributed by atoms with Crippen LogP contribution in [0.25, 0.3) is 11.0 Å². The minimum absolute atomic E-state index is 0.0946. The molecule has 2 aromatic rings. The summed E-state index contributed by atoms with van der Waals surface area (Å²) in [5.74, 6) is 0. The van der Waals surface area contributed by atoms with E-state index >= 15 is 0 Å². The monoisotopic (exact) mass is 322 g/mol. The van der Waals surface area contributed by atoms with Gasteiger partial charge in [0.2, 0.25) is 5.52 Å². The Hall–Kier alpha value is -2.10. The van der Waals surface area contributed by atoms with Crippen LogP contribution in [0.4, 0.5) is 5.69 Å². The second kappa shape index (κ2) is 7.44. The summed E-state index contributed by atoms with van der Waals surface area (Å²) < 4.78 is 4.65. The standard InChI is InChI=1S/C14H22N6O3/c15-9-8-14(16,17)7-3-1-2-4-10-5-6-11(20(21)22)13-12(10)18-23-19-13/h5-6H,1-4,7-9,15-17H2. The fourth-order valence-corrected chi connectivity index (χ4v) is 2.59. The molecule has 9 heteroatoms. The molecule has 2 rings (SSSR count). The van der Waals surface area contributed by atoms with Gasteiger partial charge < -0.3 is 17.2 Å². The minimum atomic E-state index is -0.703. The number of hydrogen-bond donors (Lipinski definition) is 3. The lowest BCUT2D eigenvalue weighted by atomic mass is 9.98. The fourth-order valence-electron chi connectivity index (χ4n) is 2.59. The number of rotatable bonds is 9. The van der Waals surface area contributed by atoms with Crippen LogP contribution in [0.5, 0.6) is 0 Å². The van der Waals surface area contributed by atoms with Gasteiger partial charge in [0, 0.05) is 6.07 Å². The van der Waals surface area contributed by atoms with E-state index in [1.54, 1.807) is 6.07 Å². The number of nitro groups is 1. The van der Waals surface area contributed by atoms with Gasteiger partial charge in [-0.1, -0.05) is 12.8 Å². The molecular formula is C14H22N6O3. The third kappa shape index (κ3) is 4.44. The van der Waals surface area contributed by atoms with Gasteiger partial charge in [-0.3, -0.25) is 10.1 Å². The Balaban J connectivity index is 1.90. The topological polar surface area (TPSA) is 160 Å². The van der Waals surface area contributed by atoms with Crippen molar-refractivity contribution >= 4 is 16.7 Å². The van der Waals surface area contributed by atoms with Gasteiger partial charge in [0.1, 0.15) is 5.52 Å². The van der Waals surface area contributed by atoms with E-state index in [9.17, 15) is 10.1 Å². The Bertz CT molecular complexity index is 670. The summed E-state index contributed by atoms with van der Waals surface area (Å²) in [4.78, 5) is 10.4. The van der Waals surface area contributed by atoms with Crippen molar-refractivity contribution in [2.45, 2.75) is 44.2 Å². The maximum Gasteiger partial charge on any atom is 0.300 e. The number of aryl methyl sites for hydroxylation is 1. The number of nitro benzene ring substituents is 1. The van der Waals surface area contributed by atoms with Crippen molar-refractivity contribution in [2.24, 2.45) is 17.2 Å². The molecule has 0 fully saturated rings. The zero-order valence-electron chi connectivity index (χ0n) is 12.9. The third-order valence-electron chi connectivity index (χ3n) is 3.87. The van der Waals surface area contributed by atoms with Crippen LogP contribution >= 0.6 is 0 Å². The molecule has 0 saturated carbocycles. The van der Waals surface area contributed by atoms with Crippen LogP contribution in [0, 0.1) is 10.1 Å². The fraction of sp³-hybridized carbons (Fsp3) is 0.571. The Morgan fingerprint density at radius 2 is 1.87 bits per heavy atom. The number of benzene rings is 1. The molecule has 1 heterocycles. The van der Waals surface area contributed by atoms with Crippen molar-refractivity contribution in [3.63, 3.8) is 0 Å². The summed E-state index contributed by atoms with van der Waals surface area (Å²) in [5, 5.41) is 18.3. The first-order valence-corrected chi connectivity index (χ1v) is 7.61. The summed E-state index contributed by atoms with van der Waals surface area (Å²) >= 11 is 0. The summed E-state index contributed by atoms with van der Waals surface area (Å²) in [6, 6.07) is 3.14. The maximum absolute atomic E-state index is 10.9. The van der Waals surface area contributed by atoms with Gasteiger partial charge in [-0.05, 0) is 54.2 Å². The van der Waals surface area contributed by atoms with Crippen LogP contribution in [0.1, 0.15) is 37.7 Å². The van der Waals surface area contributed by atoms with Gasteiger partial charge in [0.05, 0.1) is 10.6 Å². The number of unbranched alkanes of at least 4 members (excludes halogenated alkanes) is 2. The number of aromatic nitrogens is 2. The zero-order valence-corrected chi connectivity index (χ0v) is 12.9. The molecular weight excluding hydrogens is 300 g/mol. The Labute approximate surface area is 133 Å². The van der Waals surface area contributed by atoms with Crippen molar-refractivity contribution in [2.75, 3.05) is 6.54 Å². The number of non-ortho nitro benzene ring substituents is 1. The van der Waals surface area contributed by atoms with Gasteiger partial charge in [-0.25, -0.2) is 4.63 Å². The van der Waals surface area contributed by atoms with Crippen LogP contribution in [0.2, 0.25) is 0 Å². The molecule has 6 N–H and O–H groups in total. The SMILES string of the molecule is NCCC(N)(N)CCCCCc1ccc([N+](=O)[O-])c2nonc12. The quantitative estimate of drug-likeness (QED) is 0.268. The van der Waals surface area contributed by atoms with Gasteiger partial charge in [0.25, 0.3) is 0 Å². The first-order valence-electron chi connectivity index (χ1n) is 7.61. The number of fused-ring (bicyclic) bond motifs is 1. The van der Waals surface area contributed by atoms with E-state index in [0.717, 1.165) is 31.2 Å². The van der Waals surface area contributed by atoms with E-state index in [1.807, 2.05) is 0 Å². The van der Waals surface area contributed by atoms with E-state index < -0.39 is 10.6 Å². The van der Waals surface area contributed by atoms with Crippen molar-refractivity contribution < 1.29 is 9.55 Å². The van der Waals surface area contributed by atoms with Crippen molar-refractivity contribution in [3.8, 4) is 0 Å². The van der Waals surface area contributed by atoms with Crippen LogP contribution in [-0.2, 0) is 6.42 Å². The molecule has 126 valence electrons. The second-order valence-corrected chi connectivity index (χ2v) is 5.79. The average Bonchev–Trinajstić information content (AvgIpc) is 2.95. The van der Waals surface area contributed by atoms with Gasteiger partial charge in [-0.15, -0.1) is 0 Å². The van der Waals surface area contributed by atoms with Crippen LogP contribution in [0.15, 0.2) is 16.8 Å². The van der Waals surface area contributed by atoms with E-state index in [1.165, 1.54) is 6.07 Å². The normalized spacial score (nSPS) is 12.0. The predicted molar refractivity (Wildman–Crippen MR) is 85.4 cm³/mol. The highest BCUT2D eigenvalue weighted by Gasteiger charge is 2.19. The smallest absolute Gasteiger partial charge is 0.300 e. The zero-order chi connectivity index (χ0) is 16.9. The highest BCUT2D eigenvalue weighted by Crippen LogP contribution is 2.26. The van der Waals surface area contributed by atoms with E-state index in [2.05, 4.69) is 14.9 Å². The van der Waals surface area contributed by atoms with E-state index in [-0.39, 0.29) is 11.2 Å². The third-order valence-corrected chi connectivity index (χ3v) is 3.87. The Morgan fingerprint density at radius 1 is 1.13 bits per heavy atom. The molecule has 0 bridgehead atoms.